The first-order chi connectivity index (χ1) is 7.97. The van der Waals surface area contributed by atoms with Crippen molar-refractivity contribution in [3.05, 3.63) is 34.9 Å². The highest BCUT2D eigenvalue weighted by molar-refractivity contribution is 7.88. The molecule has 6 heteroatoms. The molecule has 1 aromatic rings. The van der Waals surface area contributed by atoms with Gasteiger partial charge in [-0.25, -0.2) is 8.42 Å². The number of rotatable bonds is 2. The van der Waals surface area contributed by atoms with E-state index >= 15 is 0 Å². The van der Waals surface area contributed by atoms with Gasteiger partial charge in [-0.2, -0.15) is 4.31 Å². The zero-order chi connectivity index (χ0) is 12.5. The number of hydrogen-bond acceptors (Lipinski definition) is 3. The molecule has 0 aromatic heterocycles. The van der Waals surface area contributed by atoms with Crippen molar-refractivity contribution >= 4 is 21.6 Å². The predicted octanol–water partition coefficient (Wildman–Crippen LogP) is 1.67. The maximum Gasteiger partial charge on any atom is 0.211 e. The zero-order valence-electron chi connectivity index (χ0n) is 9.47. The Kier molecular flexibility index (Phi) is 3.73. The molecule has 0 unspecified atom stereocenters. The summed E-state index contributed by atoms with van der Waals surface area (Å²) in [6.45, 7) is 1.17. The largest absolute Gasteiger partial charge is 0.371 e. The van der Waals surface area contributed by atoms with Crippen molar-refractivity contribution in [3.63, 3.8) is 0 Å². The fourth-order valence-corrected chi connectivity index (χ4v) is 2.85. The highest BCUT2D eigenvalue weighted by atomic mass is 35.5. The summed E-state index contributed by atoms with van der Waals surface area (Å²) in [5, 5.41) is 0.627. The molecule has 1 aliphatic heterocycles. The monoisotopic (exact) mass is 275 g/mol. The van der Waals surface area contributed by atoms with Crippen LogP contribution in [0.5, 0.6) is 0 Å². The molecule has 1 aliphatic rings. The van der Waals surface area contributed by atoms with Crippen LogP contribution in [0.3, 0.4) is 0 Å². The van der Waals surface area contributed by atoms with E-state index in [0.29, 0.717) is 24.7 Å². The maximum atomic E-state index is 11.5. The van der Waals surface area contributed by atoms with Crippen LogP contribution in [0.15, 0.2) is 24.3 Å². The van der Waals surface area contributed by atoms with Gasteiger partial charge in [0.05, 0.1) is 19.0 Å². The Bertz CT molecular complexity index is 503. The highest BCUT2D eigenvalue weighted by Crippen LogP contribution is 2.25. The van der Waals surface area contributed by atoms with Crippen LogP contribution < -0.4 is 0 Å². The lowest BCUT2D eigenvalue weighted by molar-refractivity contribution is -0.00233. The zero-order valence-corrected chi connectivity index (χ0v) is 11.0. The van der Waals surface area contributed by atoms with E-state index in [-0.39, 0.29) is 6.10 Å². The van der Waals surface area contributed by atoms with Gasteiger partial charge in [0.25, 0.3) is 0 Å². The SMILES string of the molecule is CS(=O)(=O)N1CCO[C@@H](c2cccc(Cl)c2)C1. The fraction of sp³-hybridized carbons (Fsp3) is 0.455. The third-order valence-electron chi connectivity index (χ3n) is 2.72. The number of sulfonamides is 1. The molecule has 0 bridgehead atoms. The van der Waals surface area contributed by atoms with E-state index in [1.807, 2.05) is 12.1 Å². The molecule has 1 atom stereocenters. The van der Waals surface area contributed by atoms with Crippen LogP contribution in [0.25, 0.3) is 0 Å². The van der Waals surface area contributed by atoms with Gasteiger partial charge in [-0.15, -0.1) is 0 Å². The van der Waals surface area contributed by atoms with Gasteiger partial charge in [-0.1, -0.05) is 23.7 Å². The van der Waals surface area contributed by atoms with Crippen LogP contribution in [0, 0.1) is 0 Å². The first-order valence-corrected chi connectivity index (χ1v) is 7.51. The molecule has 2 rings (SSSR count). The van der Waals surface area contributed by atoms with Gasteiger partial charge < -0.3 is 4.74 Å². The molecule has 0 radical (unpaired) electrons. The van der Waals surface area contributed by atoms with Gasteiger partial charge in [-0.3, -0.25) is 0 Å². The number of nitrogens with zero attached hydrogens (tertiary/aromatic N) is 1. The van der Waals surface area contributed by atoms with Crippen molar-refractivity contribution in [1.82, 2.24) is 4.31 Å². The molecule has 0 saturated carbocycles. The van der Waals surface area contributed by atoms with Gasteiger partial charge >= 0.3 is 0 Å². The smallest absolute Gasteiger partial charge is 0.211 e. The van der Waals surface area contributed by atoms with E-state index in [4.69, 9.17) is 16.3 Å². The van der Waals surface area contributed by atoms with Gasteiger partial charge in [-0.05, 0) is 17.7 Å². The Balaban J connectivity index is 2.18. The number of halogens is 1. The molecule has 0 amide bonds. The molecule has 1 fully saturated rings. The van der Waals surface area contributed by atoms with Crippen LogP contribution in [-0.2, 0) is 14.8 Å². The Labute approximate surface area is 106 Å². The number of hydrogen-bond donors (Lipinski definition) is 0. The van der Waals surface area contributed by atoms with Crippen molar-refractivity contribution in [2.45, 2.75) is 6.10 Å². The van der Waals surface area contributed by atoms with Gasteiger partial charge in [0.15, 0.2) is 0 Å². The van der Waals surface area contributed by atoms with Crippen molar-refractivity contribution in [2.24, 2.45) is 0 Å². The average molecular weight is 276 g/mol. The standard InChI is InChI=1S/C11H14ClNO3S/c1-17(14,15)13-5-6-16-11(8-13)9-3-2-4-10(12)7-9/h2-4,7,11H,5-6,8H2,1H3/t11-/m1/s1. The third kappa shape index (κ3) is 3.19. The second-order valence-electron chi connectivity index (χ2n) is 4.04. The lowest BCUT2D eigenvalue weighted by atomic mass is 10.1. The lowest BCUT2D eigenvalue weighted by Crippen LogP contribution is -2.41. The summed E-state index contributed by atoms with van der Waals surface area (Å²) in [6, 6.07) is 7.31. The molecule has 0 N–H and O–H groups in total. The Morgan fingerprint density at radius 3 is 2.88 bits per heavy atom. The Hall–Kier alpha value is -0.620. The van der Waals surface area contributed by atoms with Gasteiger partial charge in [0.1, 0.15) is 0 Å². The third-order valence-corrected chi connectivity index (χ3v) is 4.22. The van der Waals surface area contributed by atoms with Crippen LogP contribution >= 0.6 is 11.6 Å². The number of ether oxygens (including phenoxy) is 1. The first kappa shape index (κ1) is 12.8. The minimum Gasteiger partial charge on any atom is -0.371 e. The van der Waals surface area contributed by atoms with E-state index in [1.165, 1.54) is 10.6 Å². The summed E-state index contributed by atoms with van der Waals surface area (Å²) < 4.78 is 30.0. The molecule has 1 aromatic carbocycles. The summed E-state index contributed by atoms with van der Waals surface area (Å²) in [6.07, 6.45) is 0.977. The number of morpholine rings is 1. The molecule has 0 spiro atoms. The molecular weight excluding hydrogens is 262 g/mol. The number of benzene rings is 1. The molecule has 1 heterocycles. The summed E-state index contributed by atoms with van der Waals surface area (Å²) in [7, 11) is -3.16. The predicted molar refractivity (Wildman–Crippen MR) is 66.6 cm³/mol. The second kappa shape index (κ2) is 4.94. The fourth-order valence-electron chi connectivity index (χ4n) is 1.84. The molecule has 4 nitrogen and oxygen atoms in total. The topological polar surface area (TPSA) is 46.6 Å². The summed E-state index contributed by atoms with van der Waals surface area (Å²) in [4.78, 5) is 0. The normalized spacial score (nSPS) is 22.6. The quantitative estimate of drug-likeness (QED) is 0.825. The Morgan fingerprint density at radius 1 is 1.47 bits per heavy atom. The van der Waals surface area contributed by atoms with Crippen LogP contribution in [0.4, 0.5) is 0 Å². The highest BCUT2D eigenvalue weighted by Gasteiger charge is 2.27. The van der Waals surface area contributed by atoms with Crippen molar-refractivity contribution in [2.75, 3.05) is 26.0 Å². The Morgan fingerprint density at radius 2 is 2.24 bits per heavy atom. The molecule has 1 saturated heterocycles. The second-order valence-corrected chi connectivity index (χ2v) is 6.45. The molecule has 94 valence electrons. The first-order valence-electron chi connectivity index (χ1n) is 5.29. The molecular formula is C11H14ClNO3S. The van der Waals surface area contributed by atoms with Crippen LogP contribution in [0.1, 0.15) is 11.7 Å². The van der Waals surface area contributed by atoms with Crippen molar-refractivity contribution < 1.29 is 13.2 Å². The minimum atomic E-state index is -3.16. The summed E-state index contributed by atoms with van der Waals surface area (Å²) in [5.41, 5.74) is 0.908. The minimum absolute atomic E-state index is 0.239. The summed E-state index contributed by atoms with van der Waals surface area (Å²) in [5.74, 6) is 0. The average Bonchev–Trinajstić information content (AvgIpc) is 2.28. The van der Waals surface area contributed by atoms with E-state index in [2.05, 4.69) is 0 Å². The van der Waals surface area contributed by atoms with E-state index < -0.39 is 10.0 Å². The van der Waals surface area contributed by atoms with E-state index in [1.54, 1.807) is 12.1 Å². The molecule has 17 heavy (non-hydrogen) atoms. The van der Waals surface area contributed by atoms with Gasteiger partial charge in [0, 0.05) is 18.1 Å². The van der Waals surface area contributed by atoms with Gasteiger partial charge in [0.2, 0.25) is 10.0 Å². The van der Waals surface area contributed by atoms with Crippen molar-refractivity contribution in [3.8, 4) is 0 Å². The van der Waals surface area contributed by atoms with Crippen LogP contribution in [-0.4, -0.2) is 38.7 Å². The molecule has 0 aliphatic carbocycles. The lowest BCUT2D eigenvalue weighted by Gasteiger charge is -2.31. The van der Waals surface area contributed by atoms with E-state index in [9.17, 15) is 8.42 Å². The van der Waals surface area contributed by atoms with Crippen molar-refractivity contribution in [1.29, 1.82) is 0 Å². The van der Waals surface area contributed by atoms with Crippen LogP contribution in [0.2, 0.25) is 5.02 Å². The summed E-state index contributed by atoms with van der Waals surface area (Å²) >= 11 is 5.90. The maximum absolute atomic E-state index is 11.5. The van der Waals surface area contributed by atoms with E-state index in [0.717, 1.165) is 5.56 Å².